The molecule has 0 heterocycles. The molecule has 0 unspecified atom stereocenters. The highest BCUT2D eigenvalue weighted by Gasteiger charge is 2.13. The molecular weight excluding hydrogens is 252 g/mol. The zero-order valence-corrected chi connectivity index (χ0v) is 10.3. The number of nitrogens with zero attached hydrogens (tertiary/aromatic N) is 1. The first-order valence-electron chi connectivity index (χ1n) is 5.64. The average Bonchev–Trinajstić information content (AvgIpc) is 2.27. The van der Waals surface area contributed by atoms with Crippen LogP contribution in [0.4, 0.5) is 11.4 Å². The Hall–Kier alpha value is -2.44. The maximum absolute atomic E-state index is 11.6. The number of nitrogens with one attached hydrogen (secondary N) is 1. The highest BCUT2D eigenvalue weighted by Crippen LogP contribution is 2.18. The third-order valence-corrected chi connectivity index (χ3v) is 2.40. The minimum atomic E-state index is -0.962. The highest BCUT2D eigenvalue weighted by molar-refractivity contribution is 5.91. The van der Waals surface area contributed by atoms with Crippen molar-refractivity contribution in [1.29, 1.82) is 0 Å². The second kappa shape index (κ2) is 6.48. The van der Waals surface area contributed by atoms with Crippen LogP contribution in [0.2, 0.25) is 0 Å². The molecule has 0 spiro atoms. The second-order valence-corrected chi connectivity index (χ2v) is 4.26. The van der Waals surface area contributed by atoms with Crippen LogP contribution >= 0.6 is 0 Å². The Morgan fingerprint density at radius 1 is 1.42 bits per heavy atom. The minimum absolute atomic E-state index is 0.0506. The van der Waals surface area contributed by atoms with E-state index in [4.69, 9.17) is 5.11 Å². The number of anilines is 1. The molecule has 7 heteroatoms. The molecule has 1 atom stereocenters. The number of nitro benzene ring substituents is 1. The second-order valence-electron chi connectivity index (χ2n) is 4.26. The topological polar surface area (TPSA) is 110 Å². The molecule has 0 aromatic heterocycles. The molecule has 0 radical (unpaired) electrons. The summed E-state index contributed by atoms with van der Waals surface area (Å²) < 4.78 is 0. The predicted octanol–water partition coefficient (Wildman–Crippen LogP) is 2.03. The van der Waals surface area contributed by atoms with Gasteiger partial charge in [-0.25, -0.2) is 0 Å². The van der Waals surface area contributed by atoms with Gasteiger partial charge in [-0.15, -0.1) is 0 Å². The minimum Gasteiger partial charge on any atom is -0.481 e. The molecule has 0 fully saturated rings. The third-order valence-electron chi connectivity index (χ3n) is 2.40. The van der Waals surface area contributed by atoms with Gasteiger partial charge in [0.1, 0.15) is 0 Å². The number of carbonyl (C=O) groups excluding carboxylic acids is 1. The fourth-order valence-corrected chi connectivity index (χ4v) is 1.60. The Kier molecular flexibility index (Phi) is 4.99. The van der Waals surface area contributed by atoms with Crippen molar-refractivity contribution >= 4 is 23.3 Å². The number of carboxylic acid groups (broad SMARTS) is 1. The zero-order chi connectivity index (χ0) is 14.4. The lowest BCUT2D eigenvalue weighted by atomic mass is 10.0. The maximum Gasteiger partial charge on any atom is 0.303 e. The van der Waals surface area contributed by atoms with Gasteiger partial charge >= 0.3 is 5.97 Å². The number of amides is 1. The summed E-state index contributed by atoms with van der Waals surface area (Å²) in [4.78, 5) is 32.1. The highest BCUT2D eigenvalue weighted by atomic mass is 16.6. The molecule has 0 aliphatic heterocycles. The summed E-state index contributed by atoms with van der Waals surface area (Å²) in [5.74, 6) is -1.62. The number of carbonyl (C=O) groups is 2. The Morgan fingerprint density at radius 3 is 2.68 bits per heavy atom. The molecule has 102 valence electrons. The van der Waals surface area contributed by atoms with E-state index in [9.17, 15) is 19.7 Å². The SMILES string of the molecule is C[C@@H](CC(=O)O)CC(=O)Nc1cccc([N+](=O)[O-])c1. The van der Waals surface area contributed by atoms with Crippen LogP contribution < -0.4 is 5.32 Å². The summed E-state index contributed by atoms with van der Waals surface area (Å²) in [5.41, 5.74) is 0.207. The Balaban J connectivity index is 2.59. The lowest BCUT2D eigenvalue weighted by Crippen LogP contribution is -2.17. The molecule has 1 amide bonds. The number of nitro groups is 1. The third kappa shape index (κ3) is 5.15. The van der Waals surface area contributed by atoms with Crippen molar-refractivity contribution in [2.75, 3.05) is 5.32 Å². The number of hydrogen-bond donors (Lipinski definition) is 2. The van der Waals surface area contributed by atoms with Gasteiger partial charge in [0.15, 0.2) is 0 Å². The first kappa shape index (κ1) is 14.6. The van der Waals surface area contributed by atoms with Gasteiger partial charge in [-0.2, -0.15) is 0 Å². The van der Waals surface area contributed by atoms with Gasteiger partial charge in [-0.05, 0) is 12.0 Å². The number of carboxylic acids is 1. The maximum atomic E-state index is 11.6. The molecular formula is C12H14N2O5. The molecule has 1 rings (SSSR count). The molecule has 1 aromatic carbocycles. The molecule has 0 saturated heterocycles. The summed E-state index contributed by atoms with van der Waals surface area (Å²) in [6, 6.07) is 5.57. The lowest BCUT2D eigenvalue weighted by molar-refractivity contribution is -0.384. The van der Waals surface area contributed by atoms with Crippen LogP contribution in [0, 0.1) is 16.0 Å². The Morgan fingerprint density at radius 2 is 2.11 bits per heavy atom. The lowest BCUT2D eigenvalue weighted by Gasteiger charge is -2.09. The fraction of sp³-hybridized carbons (Fsp3) is 0.333. The largest absolute Gasteiger partial charge is 0.481 e. The van der Waals surface area contributed by atoms with Gasteiger partial charge in [0.2, 0.25) is 5.91 Å². The van der Waals surface area contributed by atoms with E-state index in [0.717, 1.165) is 0 Å². The summed E-state index contributed by atoms with van der Waals surface area (Å²) in [7, 11) is 0. The van der Waals surface area contributed by atoms with Crippen molar-refractivity contribution < 1.29 is 19.6 Å². The number of non-ortho nitro benzene ring substituents is 1. The summed E-state index contributed by atoms with van der Waals surface area (Å²) >= 11 is 0. The number of rotatable bonds is 6. The van der Waals surface area contributed by atoms with Crippen LogP contribution in [0.25, 0.3) is 0 Å². The van der Waals surface area contributed by atoms with Crippen LogP contribution in [0.3, 0.4) is 0 Å². The molecule has 2 N–H and O–H groups in total. The average molecular weight is 266 g/mol. The van der Waals surface area contributed by atoms with Crippen molar-refractivity contribution in [1.82, 2.24) is 0 Å². The van der Waals surface area contributed by atoms with Gasteiger partial charge in [-0.3, -0.25) is 19.7 Å². The normalized spacial score (nSPS) is 11.6. The van der Waals surface area contributed by atoms with Crippen molar-refractivity contribution in [3.8, 4) is 0 Å². The smallest absolute Gasteiger partial charge is 0.303 e. The Bertz CT molecular complexity index is 501. The van der Waals surface area contributed by atoms with E-state index >= 15 is 0 Å². The van der Waals surface area contributed by atoms with E-state index in [1.54, 1.807) is 6.92 Å². The van der Waals surface area contributed by atoms with Crippen LogP contribution in [0.1, 0.15) is 19.8 Å². The van der Waals surface area contributed by atoms with E-state index in [1.165, 1.54) is 24.3 Å². The quantitative estimate of drug-likeness (QED) is 0.604. The van der Waals surface area contributed by atoms with E-state index in [-0.39, 0.29) is 30.4 Å². The Labute approximate surface area is 109 Å². The van der Waals surface area contributed by atoms with Crippen LogP contribution in [0.15, 0.2) is 24.3 Å². The molecule has 0 aliphatic carbocycles. The van der Waals surface area contributed by atoms with Crippen molar-refractivity contribution in [2.24, 2.45) is 5.92 Å². The summed E-state index contributed by atoms with van der Waals surface area (Å²) in [6.45, 7) is 1.65. The number of hydrogen-bond acceptors (Lipinski definition) is 4. The first-order valence-corrected chi connectivity index (χ1v) is 5.64. The van der Waals surface area contributed by atoms with Crippen molar-refractivity contribution in [3.63, 3.8) is 0 Å². The van der Waals surface area contributed by atoms with E-state index in [2.05, 4.69) is 5.32 Å². The van der Waals surface area contributed by atoms with E-state index in [1.807, 2.05) is 0 Å². The van der Waals surface area contributed by atoms with Gasteiger partial charge in [-0.1, -0.05) is 13.0 Å². The molecule has 19 heavy (non-hydrogen) atoms. The van der Waals surface area contributed by atoms with E-state index in [0.29, 0.717) is 5.69 Å². The van der Waals surface area contributed by atoms with Gasteiger partial charge in [0, 0.05) is 30.7 Å². The summed E-state index contributed by atoms with van der Waals surface area (Å²) in [5, 5.41) is 21.6. The molecule has 0 bridgehead atoms. The molecule has 0 saturated carbocycles. The zero-order valence-electron chi connectivity index (χ0n) is 10.3. The monoisotopic (exact) mass is 266 g/mol. The van der Waals surface area contributed by atoms with Gasteiger partial charge in [0.05, 0.1) is 4.92 Å². The van der Waals surface area contributed by atoms with Crippen LogP contribution in [0.5, 0.6) is 0 Å². The number of aliphatic carboxylic acids is 1. The van der Waals surface area contributed by atoms with Gasteiger partial charge < -0.3 is 10.4 Å². The predicted molar refractivity (Wildman–Crippen MR) is 67.8 cm³/mol. The van der Waals surface area contributed by atoms with Crippen LogP contribution in [-0.2, 0) is 9.59 Å². The first-order chi connectivity index (χ1) is 8.88. The van der Waals surface area contributed by atoms with E-state index < -0.39 is 10.9 Å². The fourth-order valence-electron chi connectivity index (χ4n) is 1.60. The standard InChI is InChI=1S/C12H14N2O5/c1-8(6-12(16)17)5-11(15)13-9-3-2-4-10(7-9)14(18)19/h2-4,7-8H,5-6H2,1H3,(H,13,15)(H,16,17)/t8-/m1/s1. The molecule has 0 aliphatic rings. The molecule has 7 nitrogen and oxygen atoms in total. The van der Waals surface area contributed by atoms with Crippen molar-refractivity contribution in [3.05, 3.63) is 34.4 Å². The van der Waals surface area contributed by atoms with Gasteiger partial charge in [0.25, 0.3) is 5.69 Å². The molecule has 1 aromatic rings. The number of benzene rings is 1. The van der Waals surface area contributed by atoms with Crippen LogP contribution in [-0.4, -0.2) is 21.9 Å². The summed E-state index contributed by atoms with van der Waals surface area (Å²) in [6.07, 6.45) is -0.0443. The van der Waals surface area contributed by atoms with Crippen molar-refractivity contribution in [2.45, 2.75) is 19.8 Å².